The molecule has 1 aromatic heterocycles. The van der Waals surface area contributed by atoms with Gasteiger partial charge >= 0.3 is 0 Å². The molecule has 0 saturated carbocycles. The van der Waals surface area contributed by atoms with Crippen LogP contribution < -0.4 is 5.32 Å². The predicted molar refractivity (Wildman–Crippen MR) is 61.4 cm³/mol. The lowest BCUT2D eigenvalue weighted by Gasteiger charge is -2.05. The van der Waals surface area contributed by atoms with Gasteiger partial charge in [0.05, 0.1) is 11.5 Å². The quantitative estimate of drug-likeness (QED) is 0.657. The topological polar surface area (TPSA) is 85.9 Å². The number of aromatic nitrogens is 3. The predicted octanol–water partition coefficient (Wildman–Crippen LogP) is 1.47. The molecule has 0 aliphatic rings. The Balaban J connectivity index is 2.20. The molecule has 1 N–H and O–H groups in total. The van der Waals surface area contributed by atoms with Crippen LogP contribution in [0.5, 0.6) is 0 Å². The number of nitro groups is 1. The molecule has 2 rings (SSSR count). The molecule has 0 aliphatic carbocycles. The molecular formula is C10H10FN5O2. The van der Waals surface area contributed by atoms with Crippen LogP contribution in [0.4, 0.5) is 15.8 Å². The van der Waals surface area contributed by atoms with Crippen LogP contribution in [0.1, 0.15) is 5.82 Å². The summed E-state index contributed by atoms with van der Waals surface area (Å²) in [4.78, 5) is 14.0. The van der Waals surface area contributed by atoms with Crippen LogP contribution in [0.3, 0.4) is 0 Å². The minimum Gasteiger partial charge on any atom is -0.370 e. The van der Waals surface area contributed by atoms with Crippen molar-refractivity contribution in [1.29, 1.82) is 0 Å². The first-order valence-corrected chi connectivity index (χ1v) is 5.09. The van der Waals surface area contributed by atoms with E-state index in [4.69, 9.17) is 0 Å². The van der Waals surface area contributed by atoms with Crippen molar-refractivity contribution in [3.63, 3.8) is 0 Å². The molecule has 1 heterocycles. The van der Waals surface area contributed by atoms with Gasteiger partial charge in [0.25, 0.3) is 5.69 Å². The van der Waals surface area contributed by atoms with Gasteiger partial charge in [-0.3, -0.25) is 14.8 Å². The van der Waals surface area contributed by atoms with Gasteiger partial charge in [0.15, 0.2) is 11.6 Å². The highest BCUT2D eigenvalue weighted by Gasteiger charge is 2.17. The van der Waals surface area contributed by atoms with E-state index >= 15 is 0 Å². The van der Waals surface area contributed by atoms with E-state index in [1.165, 1.54) is 23.1 Å². The van der Waals surface area contributed by atoms with Crippen molar-refractivity contribution >= 4 is 11.4 Å². The largest absolute Gasteiger partial charge is 0.370 e. The molecule has 8 heteroatoms. The van der Waals surface area contributed by atoms with Gasteiger partial charge in [0.2, 0.25) is 0 Å². The fourth-order valence-corrected chi connectivity index (χ4v) is 1.47. The number of hydrogen-bond acceptors (Lipinski definition) is 5. The average molecular weight is 251 g/mol. The number of aryl methyl sites for hydroxylation is 1. The van der Waals surface area contributed by atoms with Crippen LogP contribution in [-0.2, 0) is 13.6 Å². The minimum atomic E-state index is -0.680. The molecule has 0 aliphatic heterocycles. The second kappa shape index (κ2) is 4.78. The average Bonchev–Trinajstić information content (AvgIpc) is 2.73. The number of nitro benzene ring substituents is 1. The maximum atomic E-state index is 13.5. The number of anilines is 1. The molecule has 0 amide bonds. The van der Waals surface area contributed by atoms with Crippen molar-refractivity contribution in [2.45, 2.75) is 6.54 Å². The number of hydrogen-bond donors (Lipinski definition) is 1. The first-order chi connectivity index (χ1) is 8.58. The molecule has 0 spiro atoms. The van der Waals surface area contributed by atoms with Crippen LogP contribution >= 0.6 is 0 Å². The highest BCUT2D eigenvalue weighted by molar-refractivity contribution is 5.62. The Kier molecular flexibility index (Phi) is 3.18. The molecule has 1 aromatic carbocycles. The van der Waals surface area contributed by atoms with Crippen LogP contribution in [0.2, 0.25) is 0 Å². The first-order valence-electron chi connectivity index (χ1n) is 5.09. The highest BCUT2D eigenvalue weighted by atomic mass is 19.1. The summed E-state index contributed by atoms with van der Waals surface area (Å²) in [6.07, 6.45) is 1.49. The second-order valence-electron chi connectivity index (χ2n) is 3.58. The smallest absolute Gasteiger partial charge is 0.295 e. The molecule has 0 atom stereocenters. The number of para-hydroxylation sites is 1. The maximum Gasteiger partial charge on any atom is 0.295 e. The van der Waals surface area contributed by atoms with Crippen LogP contribution in [0.25, 0.3) is 0 Å². The zero-order valence-corrected chi connectivity index (χ0v) is 9.50. The Morgan fingerprint density at radius 2 is 2.33 bits per heavy atom. The SMILES string of the molecule is Cn1cnc(CNc2c(F)cccc2[N+](=O)[O-])n1. The Hall–Kier alpha value is -2.51. The zero-order chi connectivity index (χ0) is 13.1. The van der Waals surface area contributed by atoms with Gasteiger partial charge in [0, 0.05) is 13.1 Å². The van der Waals surface area contributed by atoms with Crippen molar-refractivity contribution in [3.8, 4) is 0 Å². The summed E-state index contributed by atoms with van der Waals surface area (Å²) in [6.45, 7) is 0.114. The monoisotopic (exact) mass is 251 g/mol. The molecule has 0 radical (unpaired) electrons. The van der Waals surface area contributed by atoms with E-state index in [2.05, 4.69) is 15.4 Å². The third-order valence-corrected chi connectivity index (χ3v) is 2.26. The molecular weight excluding hydrogens is 241 g/mol. The van der Waals surface area contributed by atoms with Crippen molar-refractivity contribution in [1.82, 2.24) is 14.8 Å². The van der Waals surface area contributed by atoms with Crippen molar-refractivity contribution in [2.75, 3.05) is 5.32 Å². The van der Waals surface area contributed by atoms with E-state index in [0.29, 0.717) is 5.82 Å². The summed E-state index contributed by atoms with van der Waals surface area (Å²) in [7, 11) is 1.70. The van der Waals surface area contributed by atoms with Gasteiger partial charge in [-0.1, -0.05) is 6.07 Å². The molecule has 2 aromatic rings. The third-order valence-electron chi connectivity index (χ3n) is 2.26. The van der Waals surface area contributed by atoms with Gasteiger partial charge in [0.1, 0.15) is 12.0 Å². The summed E-state index contributed by atoms with van der Waals surface area (Å²) < 4.78 is 15.0. The second-order valence-corrected chi connectivity index (χ2v) is 3.58. The van der Waals surface area contributed by atoms with E-state index in [0.717, 1.165) is 6.07 Å². The summed E-state index contributed by atoms with van der Waals surface area (Å²) >= 11 is 0. The number of nitrogens with one attached hydrogen (secondary N) is 1. The molecule has 0 fully saturated rings. The fourth-order valence-electron chi connectivity index (χ4n) is 1.47. The lowest BCUT2D eigenvalue weighted by molar-refractivity contribution is -0.384. The molecule has 0 unspecified atom stereocenters. The summed E-state index contributed by atoms with van der Waals surface area (Å²) in [6, 6.07) is 3.68. The zero-order valence-electron chi connectivity index (χ0n) is 9.50. The lowest BCUT2D eigenvalue weighted by atomic mass is 10.2. The fraction of sp³-hybridized carbons (Fsp3) is 0.200. The highest BCUT2D eigenvalue weighted by Crippen LogP contribution is 2.27. The van der Waals surface area contributed by atoms with Crippen molar-refractivity contribution < 1.29 is 9.31 Å². The van der Waals surface area contributed by atoms with Gasteiger partial charge in [-0.05, 0) is 6.07 Å². The van der Waals surface area contributed by atoms with E-state index in [9.17, 15) is 14.5 Å². The summed E-state index contributed by atoms with van der Waals surface area (Å²) in [5.41, 5.74) is -0.471. The summed E-state index contributed by atoms with van der Waals surface area (Å²) in [5, 5.41) is 17.4. The van der Waals surface area contributed by atoms with E-state index in [-0.39, 0.29) is 17.9 Å². The van der Waals surface area contributed by atoms with Crippen LogP contribution in [0.15, 0.2) is 24.5 Å². The van der Waals surface area contributed by atoms with Gasteiger partial charge in [-0.15, -0.1) is 0 Å². The Morgan fingerprint density at radius 3 is 2.94 bits per heavy atom. The molecule has 7 nitrogen and oxygen atoms in total. The van der Waals surface area contributed by atoms with Gasteiger partial charge < -0.3 is 5.32 Å². The maximum absolute atomic E-state index is 13.5. The minimum absolute atomic E-state index is 0.114. The normalized spacial score (nSPS) is 10.3. The Morgan fingerprint density at radius 1 is 1.56 bits per heavy atom. The van der Waals surface area contributed by atoms with Crippen LogP contribution in [-0.4, -0.2) is 19.7 Å². The standard InChI is InChI=1S/C10H10FN5O2/c1-15-6-13-9(14-15)5-12-10-7(11)3-2-4-8(10)16(17)18/h2-4,6,12H,5H2,1H3. The number of nitrogens with zero attached hydrogens (tertiary/aromatic N) is 4. The Bertz CT molecular complexity index is 583. The van der Waals surface area contributed by atoms with E-state index < -0.39 is 10.7 Å². The number of rotatable bonds is 4. The molecule has 0 bridgehead atoms. The van der Waals surface area contributed by atoms with Crippen molar-refractivity contribution in [2.24, 2.45) is 7.05 Å². The third kappa shape index (κ3) is 2.42. The molecule has 94 valence electrons. The summed E-state index contributed by atoms with van der Waals surface area (Å²) in [5.74, 6) is -0.254. The van der Waals surface area contributed by atoms with Gasteiger partial charge in [-0.25, -0.2) is 9.37 Å². The van der Waals surface area contributed by atoms with E-state index in [1.807, 2.05) is 0 Å². The molecule has 18 heavy (non-hydrogen) atoms. The lowest BCUT2D eigenvalue weighted by Crippen LogP contribution is -2.06. The van der Waals surface area contributed by atoms with Crippen molar-refractivity contribution in [3.05, 3.63) is 46.3 Å². The molecule has 0 saturated heterocycles. The number of halogens is 1. The van der Waals surface area contributed by atoms with Crippen LogP contribution in [0, 0.1) is 15.9 Å². The van der Waals surface area contributed by atoms with E-state index in [1.54, 1.807) is 7.05 Å². The number of benzene rings is 1. The van der Waals surface area contributed by atoms with Gasteiger partial charge in [-0.2, -0.15) is 5.10 Å². The first kappa shape index (κ1) is 12.0. The Labute approximate surface area is 101 Å².